The van der Waals surface area contributed by atoms with Gasteiger partial charge in [-0.2, -0.15) is 0 Å². The molecule has 17 heavy (non-hydrogen) atoms. The van der Waals surface area contributed by atoms with Crippen LogP contribution in [0.1, 0.15) is 18.9 Å². The van der Waals surface area contributed by atoms with E-state index in [9.17, 15) is 4.79 Å². The molecule has 1 atom stereocenters. The van der Waals surface area contributed by atoms with Crippen LogP contribution in [0.4, 0.5) is 0 Å². The largest absolute Gasteiger partial charge is 1.00 e. The number of phenolic OH excluding ortho intramolecular Hbond substituents is 1. The average Bonchev–Trinajstić information content (AvgIpc) is 2.29. The maximum Gasteiger partial charge on any atom is 0.365 e. The van der Waals surface area contributed by atoms with Crippen molar-refractivity contribution in [3.63, 3.8) is 0 Å². The minimum absolute atomic E-state index is 0. The number of ether oxygens (including phenoxy) is 1. The summed E-state index contributed by atoms with van der Waals surface area (Å²) >= 11 is 0. The van der Waals surface area contributed by atoms with Crippen molar-refractivity contribution in [3.8, 4) is 5.75 Å². The Kier molecular flexibility index (Phi) is 7.34. The highest BCUT2D eigenvalue weighted by Gasteiger charge is 2.18. The summed E-state index contributed by atoms with van der Waals surface area (Å²) in [6, 6.07) is 6.36. The first-order chi connectivity index (χ1) is 7.63. The quantitative estimate of drug-likeness (QED) is 0.575. The number of carbonyl (C=O) groups is 1. The maximum absolute atomic E-state index is 11.4. The fourth-order valence-corrected chi connectivity index (χ4v) is 1.32. The lowest BCUT2D eigenvalue weighted by Gasteiger charge is -2.08. The number of halogens is 1. The van der Waals surface area contributed by atoms with E-state index < -0.39 is 6.04 Å². The van der Waals surface area contributed by atoms with E-state index in [4.69, 9.17) is 9.84 Å². The third-order valence-electron chi connectivity index (χ3n) is 2.20. The highest BCUT2D eigenvalue weighted by atomic mass is 35.5. The van der Waals surface area contributed by atoms with E-state index >= 15 is 0 Å². The minimum Gasteiger partial charge on any atom is -1.00 e. The Morgan fingerprint density at radius 2 is 2.00 bits per heavy atom. The Labute approximate surface area is 107 Å². The summed E-state index contributed by atoms with van der Waals surface area (Å²) in [4.78, 5) is 11.4. The summed E-state index contributed by atoms with van der Waals surface area (Å²) in [7, 11) is 0. The summed E-state index contributed by atoms with van der Waals surface area (Å²) in [5.74, 6) is -0.0483. The van der Waals surface area contributed by atoms with Gasteiger partial charge in [-0.15, -0.1) is 0 Å². The van der Waals surface area contributed by atoms with Crippen LogP contribution in [0.5, 0.6) is 5.75 Å². The number of aromatic hydroxyl groups is 1. The van der Waals surface area contributed by atoms with Gasteiger partial charge in [-0.1, -0.05) is 19.1 Å². The highest BCUT2D eigenvalue weighted by Crippen LogP contribution is 2.10. The number of rotatable bonds is 5. The molecule has 5 heteroatoms. The molecule has 0 aliphatic rings. The molecule has 0 aliphatic heterocycles. The van der Waals surface area contributed by atoms with E-state index in [2.05, 4.69) is 5.73 Å². The minimum atomic E-state index is -0.393. The summed E-state index contributed by atoms with van der Waals surface area (Å²) in [6.45, 7) is 2.39. The van der Waals surface area contributed by atoms with E-state index in [1.807, 2.05) is 6.92 Å². The molecular formula is C12H18ClNO3. The molecule has 0 aromatic heterocycles. The molecule has 1 aromatic carbocycles. The zero-order chi connectivity index (χ0) is 12.0. The van der Waals surface area contributed by atoms with E-state index in [-0.39, 0.29) is 24.1 Å². The Morgan fingerprint density at radius 1 is 1.41 bits per heavy atom. The fraction of sp³-hybridized carbons (Fsp3) is 0.417. The van der Waals surface area contributed by atoms with Crippen LogP contribution in [-0.2, 0) is 16.0 Å². The summed E-state index contributed by atoms with van der Waals surface area (Å²) in [5, 5.41) is 9.11. The molecule has 0 amide bonds. The van der Waals surface area contributed by atoms with Crippen molar-refractivity contribution < 1.29 is 32.8 Å². The second-order valence-electron chi connectivity index (χ2n) is 3.73. The number of esters is 1. The molecule has 4 N–H and O–H groups in total. The topological polar surface area (TPSA) is 74.2 Å². The third-order valence-corrected chi connectivity index (χ3v) is 2.20. The molecule has 0 heterocycles. The van der Waals surface area contributed by atoms with Crippen LogP contribution >= 0.6 is 0 Å². The van der Waals surface area contributed by atoms with Crippen molar-refractivity contribution in [2.45, 2.75) is 25.8 Å². The van der Waals surface area contributed by atoms with Crippen LogP contribution in [-0.4, -0.2) is 23.7 Å². The van der Waals surface area contributed by atoms with Gasteiger partial charge in [0.2, 0.25) is 0 Å². The highest BCUT2D eigenvalue weighted by molar-refractivity contribution is 5.74. The van der Waals surface area contributed by atoms with Gasteiger partial charge < -0.3 is 28.0 Å². The van der Waals surface area contributed by atoms with Crippen LogP contribution in [0.15, 0.2) is 24.3 Å². The van der Waals surface area contributed by atoms with Crippen LogP contribution in [0.2, 0.25) is 0 Å². The molecule has 1 aromatic rings. The Morgan fingerprint density at radius 3 is 2.53 bits per heavy atom. The monoisotopic (exact) mass is 259 g/mol. The first-order valence-corrected chi connectivity index (χ1v) is 5.41. The number of quaternary nitrogens is 1. The van der Waals surface area contributed by atoms with Crippen molar-refractivity contribution in [1.29, 1.82) is 0 Å². The molecule has 0 radical (unpaired) electrons. The molecule has 1 rings (SSSR count). The normalized spacial score (nSPS) is 11.4. The number of carbonyl (C=O) groups excluding carboxylic acids is 1. The van der Waals surface area contributed by atoms with Crippen molar-refractivity contribution in [2.75, 3.05) is 6.61 Å². The summed E-state index contributed by atoms with van der Waals surface area (Å²) < 4.78 is 5.00. The van der Waals surface area contributed by atoms with Crippen molar-refractivity contribution in [3.05, 3.63) is 29.8 Å². The number of hydrogen-bond acceptors (Lipinski definition) is 3. The zero-order valence-electron chi connectivity index (χ0n) is 9.86. The predicted octanol–water partition coefficient (Wildman–Crippen LogP) is -2.50. The van der Waals surface area contributed by atoms with Crippen molar-refractivity contribution >= 4 is 5.97 Å². The number of phenols is 1. The molecule has 0 saturated heterocycles. The van der Waals surface area contributed by atoms with Gasteiger partial charge in [-0.3, -0.25) is 0 Å². The van der Waals surface area contributed by atoms with Gasteiger partial charge in [0.1, 0.15) is 5.75 Å². The second-order valence-corrected chi connectivity index (χ2v) is 3.73. The van der Waals surface area contributed by atoms with E-state index in [1.165, 1.54) is 0 Å². The third kappa shape index (κ3) is 5.56. The van der Waals surface area contributed by atoms with E-state index in [0.29, 0.717) is 13.0 Å². The van der Waals surface area contributed by atoms with Gasteiger partial charge in [0.05, 0.1) is 6.61 Å². The van der Waals surface area contributed by atoms with Gasteiger partial charge >= 0.3 is 5.97 Å². The molecule has 0 saturated carbocycles. The smallest absolute Gasteiger partial charge is 0.365 e. The van der Waals surface area contributed by atoms with Gasteiger partial charge in [0, 0.05) is 6.42 Å². The lowest BCUT2D eigenvalue weighted by Crippen LogP contribution is -3.00. The molecule has 0 fully saturated rings. The fourth-order valence-electron chi connectivity index (χ4n) is 1.32. The SMILES string of the molecule is CCCOC(=O)[C@@H]([NH3+])Cc1ccc(O)cc1.[Cl-]. The molecule has 0 aliphatic carbocycles. The first kappa shape index (κ1) is 15.7. The lowest BCUT2D eigenvalue weighted by atomic mass is 10.1. The Balaban J connectivity index is 0.00000256. The molecular weight excluding hydrogens is 242 g/mol. The predicted molar refractivity (Wildman–Crippen MR) is 59.7 cm³/mol. The number of hydrogen-bond donors (Lipinski definition) is 2. The van der Waals surface area contributed by atoms with Crippen LogP contribution in [0.25, 0.3) is 0 Å². The standard InChI is InChI=1S/C12H17NO3.ClH/c1-2-7-16-12(15)11(13)8-9-3-5-10(14)6-4-9;/h3-6,11,14H,2,7-8,13H2,1H3;1H/t11-;/m0./s1. The van der Waals surface area contributed by atoms with Gasteiger partial charge in [-0.05, 0) is 24.1 Å². The van der Waals surface area contributed by atoms with Crippen LogP contribution < -0.4 is 18.1 Å². The summed E-state index contributed by atoms with van der Waals surface area (Å²) in [6.07, 6.45) is 1.35. The van der Waals surface area contributed by atoms with Gasteiger partial charge in [0.15, 0.2) is 6.04 Å². The van der Waals surface area contributed by atoms with Crippen molar-refractivity contribution in [2.24, 2.45) is 0 Å². The summed E-state index contributed by atoms with van der Waals surface area (Å²) in [5.41, 5.74) is 4.74. The van der Waals surface area contributed by atoms with E-state index in [1.54, 1.807) is 24.3 Å². The zero-order valence-corrected chi connectivity index (χ0v) is 10.6. The molecule has 0 spiro atoms. The van der Waals surface area contributed by atoms with Crippen molar-refractivity contribution in [1.82, 2.24) is 0 Å². The molecule has 0 bridgehead atoms. The van der Waals surface area contributed by atoms with Gasteiger partial charge in [-0.25, -0.2) is 4.79 Å². The average molecular weight is 260 g/mol. The maximum atomic E-state index is 11.4. The first-order valence-electron chi connectivity index (χ1n) is 5.41. The molecule has 4 nitrogen and oxygen atoms in total. The Hall–Kier alpha value is -1.26. The lowest BCUT2D eigenvalue weighted by molar-refractivity contribution is -0.407. The number of benzene rings is 1. The molecule has 96 valence electrons. The van der Waals surface area contributed by atoms with Crippen LogP contribution in [0, 0.1) is 0 Å². The Bertz CT molecular complexity index is 340. The molecule has 0 unspecified atom stereocenters. The van der Waals surface area contributed by atoms with Gasteiger partial charge in [0.25, 0.3) is 0 Å². The van der Waals surface area contributed by atoms with Crippen LogP contribution in [0.3, 0.4) is 0 Å². The van der Waals surface area contributed by atoms with E-state index in [0.717, 1.165) is 12.0 Å². The second kappa shape index (κ2) is 7.92.